The predicted octanol–water partition coefficient (Wildman–Crippen LogP) is 2.07. The number of pyridine rings is 1. The molecule has 0 bridgehead atoms. The van der Waals surface area contributed by atoms with Gasteiger partial charge in [-0.2, -0.15) is 0 Å². The topological polar surface area (TPSA) is 65.5 Å². The maximum Gasteiger partial charge on any atom is 0.272 e. The molecule has 2 aliphatic heterocycles. The molecule has 4 rings (SSSR count). The molecule has 142 valence electrons. The Morgan fingerprint density at radius 2 is 1.85 bits per heavy atom. The van der Waals surface area contributed by atoms with Crippen molar-refractivity contribution in [3.63, 3.8) is 0 Å². The fourth-order valence-corrected chi connectivity index (χ4v) is 3.88. The van der Waals surface area contributed by atoms with E-state index in [0.717, 1.165) is 37.8 Å². The molecule has 0 radical (unpaired) electrons. The van der Waals surface area contributed by atoms with Crippen LogP contribution in [0.1, 0.15) is 30.3 Å². The minimum atomic E-state index is -0.00983. The number of piperazine rings is 1. The number of anilines is 2. The van der Waals surface area contributed by atoms with Crippen molar-refractivity contribution in [2.75, 3.05) is 49.1 Å². The van der Waals surface area contributed by atoms with Gasteiger partial charge in [-0.3, -0.25) is 4.79 Å². The molecule has 2 aromatic rings. The van der Waals surface area contributed by atoms with Gasteiger partial charge in [-0.15, -0.1) is 0 Å². The molecular formula is C20H26N6O. The van der Waals surface area contributed by atoms with E-state index < -0.39 is 0 Å². The van der Waals surface area contributed by atoms with E-state index in [1.807, 2.05) is 29.2 Å². The number of amides is 1. The fraction of sp³-hybridized carbons (Fsp3) is 0.500. The minimum Gasteiger partial charge on any atom is -0.356 e. The lowest BCUT2D eigenvalue weighted by molar-refractivity contribution is 0.0740. The Balaban J connectivity index is 1.41. The molecule has 0 aromatic carbocycles. The molecule has 1 amide bonds. The summed E-state index contributed by atoms with van der Waals surface area (Å²) in [5.74, 6) is 2.48. The van der Waals surface area contributed by atoms with E-state index in [-0.39, 0.29) is 5.91 Å². The van der Waals surface area contributed by atoms with Crippen LogP contribution in [0.4, 0.5) is 11.6 Å². The molecule has 7 heteroatoms. The summed E-state index contributed by atoms with van der Waals surface area (Å²) >= 11 is 0. The maximum absolute atomic E-state index is 12.9. The first kappa shape index (κ1) is 17.7. The molecule has 7 nitrogen and oxygen atoms in total. The molecule has 1 unspecified atom stereocenters. The lowest BCUT2D eigenvalue weighted by Crippen LogP contribution is -2.49. The first-order valence-electron chi connectivity index (χ1n) is 9.73. The van der Waals surface area contributed by atoms with Gasteiger partial charge in [0.1, 0.15) is 23.7 Å². The summed E-state index contributed by atoms with van der Waals surface area (Å²) in [6.45, 7) is 7.17. The Kier molecular flexibility index (Phi) is 5.18. The molecule has 27 heavy (non-hydrogen) atoms. The van der Waals surface area contributed by atoms with E-state index in [2.05, 4.69) is 31.7 Å². The van der Waals surface area contributed by atoms with Gasteiger partial charge < -0.3 is 14.7 Å². The molecule has 0 N–H and O–H groups in total. The molecule has 2 saturated heterocycles. The van der Waals surface area contributed by atoms with Crippen LogP contribution in [0.2, 0.25) is 0 Å². The standard InChI is InChI=1S/C20H26N6O/c1-16-5-4-8-26(14-16)19-13-17(22-15-23-19)20(27)25-11-9-24(10-12-25)18-6-2-3-7-21-18/h2-3,6-7,13,15-16H,4-5,8-12,14H2,1H3. The van der Waals surface area contributed by atoms with Gasteiger partial charge >= 0.3 is 0 Å². The van der Waals surface area contributed by atoms with Crippen molar-refractivity contribution in [1.29, 1.82) is 0 Å². The summed E-state index contributed by atoms with van der Waals surface area (Å²) in [6, 6.07) is 7.77. The third-order valence-corrected chi connectivity index (χ3v) is 5.39. The van der Waals surface area contributed by atoms with Crippen molar-refractivity contribution in [1.82, 2.24) is 19.9 Å². The van der Waals surface area contributed by atoms with Crippen molar-refractivity contribution in [3.8, 4) is 0 Å². The van der Waals surface area contributed by atoms with Crippen molar-refractivity contribution < 1.29 is 4.79 Å². The summed E-state index contributed by atoms with van der Waals surface area (Å²) in [7, 11) is 0. The van der Waals surface area contributed by atoms with E-state index in [0.29, 0.717) is 24.7 Å². The zero-order valence-corrected chi connectivity index (χ0v) is 15.8. The second kappa shape index (κ2) is 7.90. The quantitative estimate of drug-likeness (QED) is 0.829. The highest BCUT2D eigenvalue weighted by Crippen LogP contribution is 2.22. The second-order valence-electron chi connectivity index (χ2n) is 7.42. The number of hydrogen-bond acceptors (Lipinski definition) is 6. The average Bonchev–Trinajstić information content (AvgIpc) is 2.74. The van der Waals surface area contributed by atoms with Gasteiger partial charge in [-0.1, -0.05) is 13.0 Å². The fourth-order valence-electron chi connectivity index (χ4n) is 3.88. The second-order valence-corrected chi connectivity index (χ2v) is 7.42. The highest BCUT2D eigenvalue weighted by molar-refractivity contribution is 5.93. The van der Waals surface area contributed by atoms with E-state index in [4.69, 9.17) is 0 Å². The normalized spacial score (nSPS) is 20.6. The molecule has 2 fully saturated rings. The summed E-state index contributed by atoms with van der Waals surface area (Å²) in [5.41, 5.74) is 0.490. The van der Waals surface area contributed by atoms with E-state index in [1.54, 1.807) is 6.20 Å². The van der Waals surface area contributed by atoms with Crippen LogP contribution in [0.25, 0.3) is 0 Å². The van der Waals surface area contributed by atoms with Crippen LogP contribution in [-0.2, 0) is 0 Å². The number of nitrogens with zero attached hydrogens (tertiary/aromatic N) is 6. The molecule has 0 saturated carbocycles. The van der Waals surface area contributed by atoms with Crippen LogP contribution in [0, 0.1) is 5.92 Å². The minimum absolute atomic E-state index is 0.00983. The van der Waals surface area contributed by atoms with Crippen LogP contribution in [-0.4, -0.2) is 65.0 Å². The number of rotatable bonds is 3. The number of hydrogen-bond donors (Lipinski definition) is 0. The maximum atomic E-state index is 12.9. The van der Waals surface area contributed by atoms with Crippen LogP contribution in [0.3, 0.4) is 0 Å². The van der Waals surface area contributed by atoms with Crippen LogP contribution >= 0.6 is 0 Å². The Bertz CT molecular complexity index is 775. The Labute approximate surface area is 160 Å². The first-order chi connectivity index (χ1) is 13.2. The molecule has 1 atom stereocenters. The van der Waals surface area contributed by atoms with Crippen molar-refractivity contribution in [3.05, 3.63) is 42.5 Å². The van der Waals surface area contributed by atoms with E-state index in [1.165, 1.54) is 19.2 Å². The molecular weight excluding hydrogens is 340 g/mol. The highest BCUT2D eigenvalue weighted by atomic mass is 16.2. The summed E-state index contributed by atoms with van der Waals surface area (Å²) in [5, 5.41) is 0. The van der Waals surface area contributed by atoms with Crippen molar-refractivity contribution in [2.45, 2.75) is 19.8 Å². The van der Waals surface area contributed by atoms with Gasteiger partial charge in [0, 0.05) is 51.5 Å². The van der Waals surface area contributed by atoms with Gasteiger partial charge in [-0.25, -0.2) is 15.0 Å². The predicted molar refractivity (Wildman–Crippen MR) is 105 cm³/mol. The Morgan fingerprint density at radius 1 is 1.00 bits per heavy atom. The third kappa shape index (κ3) is 4.02. The zero-order chi connectivity index (χ0) is 18.6. The lowest BCUT2D eigenvalue weighted by Gasteiger charge is -2.35. The van der Waals surface area contributed by atoms with Gasteiger partial charge in [0.25, 0.3) is 5.91 Å². The summed E-state index contributed by atoms with van der Waals surface area (Å²) in [4.78, 5) is 32.3. The summed E-state index contributed by atoms with van der Waals surface area (Å²) < 4.78 is 0. The van der Waals surface area contributed by atoms with Gasteiger partial charge in [0.2, 0.25) is 0 Å². The molecule has 0 aliphatic carbocycles. The van der Waals surface area contributed by atoms with Crippen LogP contribution in [0.5, 0.6) is 0 Å². The Hall–Kier alpha value is -2.70. The number of carbonyl (C=O) groups excluding carboxylic acids is 1. The van der Waals surface area contributed by atoms with E-state index in [9.17, 15) is 4.79 Å². The molecule has 2 aromatic heterocycles. The summed E-state index contributed by atoms with van der Waals surface area (Å²) in [6.07, 6.45) is 5.75. The third-order valence-electron chi connectivity index (χ3n) is 5.39. The van der Waals surface area contributed by atoms with Gasteiger partial charge in [0.15, 0.2) is 0 Å². The largest absolute Gasteiger partial charge is 0.356 e. The van der Waals surface area contributed by atoms with Crippen LogP contribution < -0.4 is 9.80 Å². The smallest absolute Gasteiger partial charge is 0.272 e. The average molecular weight is 366 g/mol. The van der Waals surface area contributed by atoms with Gasteiger partial charge in [-0.05, 0) is 30.9 Å². The SMILES string of the molecule is CC1CCCN(c2cc(C(=O)N3CCN(c4ccccn4)CC3)ncn2)C1. The Morgan fingerprint density at radius 3 is 2.59 bits per heavy atom. The lowest BCUT2D eigenvalue weighted by atomic mass is 10.0. The monoisotopic (exact) mass is 366 g/mol. The molecule has 0 spiro atoms. The van der Waals surface area contributed by atoms with Crippen LogP contribution in [0.15, 0.2) is 36.8 Å². The number of piperidine rings is 1. The van der Waals surface area contributed by atoms with E-state index >= 15 is 0 Å². The first-order valence-corrected chi connectivity index (χ1v) is 9.73. The molecule has 4 heterocycles. The van der Waals surface area contributed by atoms with Crippen molar-refractivity contribution >= 4 is 17.5 Å². The van der Waals surface area contributed by atoms with Gasteiger partial charge in [0.05, 0.1) is 0 Å². The number of carbonyl (C=O) groups is 1. The highest BCUT2D eigenvalue weighted by Gasteiger charge is 2.25. The zero-order valence-electron chi connectivity index (χ0n) is 15.8. The van der Waals surface area contributed by atoms with Crippen molar-refractivity contribution in [2.24, 2.45) is 5.92 Å². The number of aromatic nitrogens is 3. The molecule has 2 aliphatic rings.